The third kappa shape index (κ3) is 3.93. The molecule has 1 saturated carbocycles. The molecular formula is C17H27N3O3. The monoisotopic (exact) mass is 321 g/mol. The van der Waals surface area contributed by atoms with Crippen LogP contribution in [-0.2, 0) is 6.54 Å². The number of carbonyl (C=O) groups excluding carboxylic acids is 1. The van der Waals surface area contributed by atoms with E-state index in [-0.39, 0.29) is 12.0 Å². The van der Waals surface area contributed by atoms with E-state index in [1.165, 1.54) is 19.3 Å². The highest BCUT2D eigenvalue weighted by Crippen LogP contribution is 2.43. The third-order valence-corrected chi connectivity index (χ3v) is 5.52. The number of aliphatic hydroxyl groups is 1. The Hall–Kier alpha value is -1.40. The zero-order valence-corrected chi connectivity index (χ0v) is 13.9. The summed E-state index contributed by atoms with van der Waals surface area (Å²) < 4.78 is 5.30. The van der Waals surface area contributed by atoms with Crippen molar-refractivity contribution in [2.45, 2.75) is 58.1 Å². The fourth-order valence-electron chi connectivity index (χ4n) is 3.48. The Bertz CT molecular complexity index is 525. The van der Waals surface area contributed by atoms with Crippen LogP contribution in [0.25, 0.3) is 0 Å². The second-order valence-electron chi connectivity index (χ2n) is 7.08. The molecule has 1 aliphatic heterocycles. The van der Waals surface area contributed by atoms with Gasteiger partial charge in [-0.15, -0.1) is 0 Å². The number of hydrogen-bond donors (Lipinski definition) is 2. The van der Waals surface area contributed by atoms with Gasteiger partial charge in [-0.2, -0.15) is 0 Å². The molecule has 1 aromatic heterocycles. The summed E-state index contributed by atoms with van der Waals surface area (Å²) in [5, 5.41) is 16.4. The predicted octanol–water partition coefficient (Wildman–Crippen LogP) is 1.94. The summed E-state index contributed by atoms with van der Waals surface area (Å²) in [6.45, 7) is 5.26. The largest absolute Gasteiger partial charge is 0.393 e. The summed E-state index contributed by atoms with van der Waals surface area (Å²) in [6.07, 6.45) is 6.19. The lowest BCUT2D eigenvalue weighted by atomic mass is 9.67. The van der Waals surface area contributed by atoms with Gasteiger partial charge in [0, 0.05) is 25.7 Å². The van der Waals surface area contributed by atoms with Crippen molar-refractivity contribution in [3.63, 3.8) is 0 Å². The van der Waals surface area contributed by atoms with E-state index >= 15 is 0 Å². The van der Waals surface area contributed by atoms with Gasteiger partial charge in [0.05, 0.1) is 12.6 Å². The van der Waals surface area contributed by atoms with E-state index in [4.69, 9.17) is 4.52 Å². The number of nitrogens with zero attached hydrogens (tertiary/aromatic N) is 2. The number of rotatable bonds is 6. The first-order chi connectivity index (χ1) is 11.1. The average Bonchev–Trinajstić information content (AvgIpc) is 2.97. The highest BCUT2D eigenvalue weighted by atomic mass is 16.5. The molecule has 0 spiro atoms. The fourth-order valence-corrected chi connectivity index (χ4v) is 3.48. The van der Waals surface area contributed by atoms with Gasteiger partial charge in [-0.25, -0.2) is 0 Å². The van der Waals surface area contributed by atoms with Gasteiger partial charge < -0.3 is 14.9 Å². The molecule has 3 rings (SSSR count). The quantitative estimate of drug-likeness (QED) is 0.837. The van der Waals surface area contributed by atoms with E-state index in [0.29, 0.717) is 23.4 Å². The molecule has 0 radical (unpaired) electrons. The fraction of sp³-hybridized carbons (Fsp3) is 0.765. The highest BCUT2D eigenvalue weighted by Gasteiger charge is 2.35. The van der Waals surface area contributed by atoms with Crippen LogP contribution in [0, 0.1) is 5.41 Å². The van der Waals surface area contributed by atoms with Crippen molar-refractivity contribution >= 4 is 5.91 Å². The molecule has 1 amide bonds. The van der Waals surface area contributed by atoms with Crippen LogP contribution in [0.4, 0.5) is 0 Å². The molecule has 6 nitrogen and oxygen atoms in total. The van der Waals surface area contributed by atoms with Crippen molar-refractivity contribution in [3.05, 3.63) is 17.5 Å². The topological polar surface area (TPSA) is 78.6 Å². The van der Waals surface area contributed by atoms with Crippen LogP contribution in [0.5, 0.6) is 0 Å². The van der Waals surface area contributed by atoms with Crippen LogP contribution in [0.1, 0.15) is 61.7 Å². The van der Waals surface area contributed by atoms with Crippen LogP contribution >= 0.6 is 0 Å². The van der Waals surface area contributed by atoms with E-state index in [1.54, 1.807) is 6.07 Å². The summed E-state index contributed by atoms with van der Waals surface area (Å²) in [5.74, 6) is 0.564. The van der Waals surface area contributed by atoms with Crippen molar-refractivity contribution in [1.82, 2.24) is 15.4 Å². The predicted molar refractivity (Wildman–Crippen MR) is 85.9 cm³/mol. The molecule has 0 aromatic carbocycles. The lowest BCUT2D eigenvalue weighted by molar-refractivity contribution is 0.0747. The Morgan fingerprint density at radius 3 is 2.83 bits per heavy atom. The molecule has 0 bridgehead atoms. The van der Waals surface area contributed by atoms with E-state index in [9.17, 15) is 9.90 Å². The molecule has 23 heavy (non-hydrogen) atoms. The van der Waals surface area contributed by atoms with Crippen LogP contribution in [-0.4, -0.2) is 46.8 Å². The summed E-state index contributed by atoms with van der Waals surface area (Å²) in [6, 6.07) is 1.74. The molecule has 1 aliphatic carbocycles. The molecule has 2 N–H and O–H groups in total. The van der Waals surface area contributed by atoms with Crippen LogP contribution in [0.3, 0.4) is 0 Å². The van der Waals surface area contributed by atoms with Crippen LogP contribution in [0.15, 0.2) is 10.6 Å². The van der Waals surface area contributed by atoms with E-state index in [0.717, 1.165) is 38.9 Å². The molecule has 6 heteroatoms. The first-order valence-electron chi connectivity index (χ1n) is 8.74. The number of aromatic nitrogens is 1. The number of piperidine rings is 1. The smallest absolute Gasteiger partial charge is 0.273 e. The lowest BCUT2D eigenvalue weighted by Crippen LogP contribution is -2.41. The summed E-state index contributed by atoms with van der Waals surface area (Å²) in [5.41, 5.74) is 0.666. The molecule has 0 atom stereocenters. The molecule has 128 valence electrons. The molecule has 2 fully saturated rings. The minimum Gasteiger partial charge on any atom is -0.393 e. The first kappa shape index (κ1) is 16.5. The maximum atomic E-state index is 12.2. The molecule has 0 unspecified atom stereocenters. The van der Waals surface area contributed by atoms with E-state index in [2.05, 4.69) is 22.3 Å². The van der Waals surface area contributed by atoms with Crippen molar-refractivity contribution in [2.24, 2.45) is 5.41 Å². The maximum Gasteiger partial charge on any atom is 0.273 e. The third-order valence-electron chi connectivity index (χ3n) is 5.52. The molecular weight excluding hydrogens is 294 g/mol. The lowest BCUT2D eigenvalue weighted by Gasteiger charge is -2.41. The van der Waals surface area contributed by atoms with Gasteiger partial charge in [-0.05, 0) is 37.5 Å². The minimum atomic E-state index is -0.181. The van der Waals surface area contributed by atoms with Gasteiger partial charge in [0.25, 0.3) is 5.91 Å². The standard InChI is InChI=1S/C17H27N3O3/c1-2-17(6-3-7-17)12-18-16(22)15-10-14(23-19-15)11-20-8-4-13(21)5-9-20/h10,13,21H,2-9,11-12H2,1H3,(H,18,22). The number of nitrogens with one attached hydrogen (secondary N) is 1. The molecule has 1 aromatic rings. The number of hydrogen-bond acceptors (Lipinski definition) is 5. The van der Waals surface area contributed by atoms with Gasteiger partial charge >= 0.3 is 0 Å². The zero-order valence-electron chi connectivity index (χ0n) is 13.9. The summed E-state index contributed by atoms with van der Waals surface area (Å²) in [4.78, 5) is 14.4. The minimum absolute atomic E-state index is 0.145. The Balaban J connectivity index is 1.49. The van der Waals surface area contributed by atoms with Gasteiger partial charge in [0.15, 0.2) is 11.5 Å². The van der Waals surface area contributed by atoms with Crippen molar-refractivity contribution < 1.29 is 14.4 Å². The average molecular weight is 321 g/mol. The van der Waals surface area contributed by atoms with E-state index < -0.39 is 0 Å². The van der Waals surface area contributed by atoms with Crippen LogP contribution < -0.4 is 5.32 Å². The van der Waals surface area contributed by atoms with Crippen molar-refractivity contribution in [2.75, 3.05) is 19.6 Å². The van der Waals surface area contributed by atoms with E-state index in [1.807, 2.05) is 0 Å². The number of amides is 1. The van der Waals surface area contributed by atoms with Crippen molar-refractivity contribution in [3.8, 4) is 0 Å². The Kier molecular flexibility index (Phi) is 5.02. The molecule has 1 saturated heterocycles. The van der Waals surface area contributed by atoms with Gasteiger partial charge in [0.2, 0.25) is 0 Å². The van der Waals surface area contributed by atoms with Crippen molar-refractivity contribution in [1.29, 1.82) is 0 Å². The SMILES string of the molecule is CCC1(CNC(=O)c2cc(CN3CCC(O)CC3)on2)CCC1. The van der Waals surface area contributed by atoms with Gasteiger partial charge in [0.1, 0.15) is 0 Å². The molecule has 2 heterocycles. The first-order valence-corrected chi connectivity index (χ1v) is 8.74. The zero-order chi connectivity index (χ0) is 16.3. The number of aliphatic hydroxyl groups excluding tert-OH is 1. The summed E-state index contributed by atoms with van der Waals surface area (Å²) >= 11 is 0. The second kappa shape index (κ2) is 7.01. The number of likely N-dealkylation sites (tertiary alicyclic amines) is 1. The molecule has 2 aliphatic rings. The Labute approximate surface area is 137 Å². The highest BCUT2D eigenvalue weighted by molar-refractivity contribution is 5.92. The number of carbonyl (C=O) groups is 1. The Morgan fingerprint density at radius 1 is 1.48 bits per heavy atom. The van der Waals surface area contributed by atoms with Gasteiger partial charge in [-0.3, -0.25) is 9.69 Å². The second-order valence-corrected chi connectivity index (χ2v) is 7.08. The Morgan fingerprint density at radius 2 is 2.22 bits per heavy atom. The normalized spacial score (nSPS) is 21.8. The maximum absolute atomic E-state index is 12.2. The van der Waals surface area contributed by atoms with Crippen LogP contribution in [0.2, 0.25) is 0 Å². The van der Waals surface area contributed by atoms with Gasteiger partial charge in [-0.1, -0.05) is 18.5 Å². The summed E-state index contributed by atoms with van der Waals surface area (Å²) in [7, 11) is 0.